The molecule has 2 amide bonds. The van der Waals surface area contributed by atoms with Gasteiger partial charge in [-0.2, -0.15) is 0 Å². The minimum absolute atomic E-state index is 0.143. The Kier molecular flexibility index (Phi) is 3.86. The van der Waals surface area contributed by atoms with E-state index in [2.05, 4.69) is 24.3 Å². The van der Waals surface area contributed by atoms with Gasteiger partial charge in [0.1, 0.15) is 6.54 Å². The monoisotopic (exact) mass is 375 g/mol. The lowest BCUT2D eigenvalue weighted by molar-refractivity contribution is -0.153. The predicted molar refractivity (Wildman–Crippen MR) is 102 cm³/mol. The number of hydrogen-bond donors (Lipinski definition) is 0. The van der Waals surface area contributed by atoms with E-state index in [0.29, 0.717) is 13.0 Å². The van der Waals surface area contributed by atoms with Crippen LogP contribution >= 0.6 is 0 Å². The van der Waals surface area contributed by atoms with Crippen molar-refractivity contribution in [3.8, 4) is 0 Å². The van der Waals surface area contributed by atoms with Gasteiger partial charge in [0.2, 0.25) is 11.8 Å². The number of ether oxygens (including phenoxy) is 1. The van der Waals surface area contributed by atoms with Gasteiger partial charge in [-0.1, -0.05) is 55.5 Å². The van der Waals surface area contributed by atoms with Crippen LogP contribution in [0.4, 0.5) is 0 Å². The van der Waals surface area contributed by atoms with Crippen LogP contribution in [-0.4, -0.2) is 35.8 Å². The van der Waals surface area contributed by atoms with Crippen molar-refractivity contribution >= 4 is 17.8 Å². The molecule has 142 valence electrons. The summed E-state index contributed by atoms with van der Waals surface area (Å²) in [6.45, 7) is 1.90. The van der Waals surface area contributed by atoms with Crippen molar-refractivity contribution in [2.24, 2.45) is 11.8 Å². The third-order valence-electron chi connectivity index (χ3n) is 6.29. The van der Waals surface area contributed by atoms with Crippen molar-refractivity contribution in [2.45, 2.75) is 25.2 Å². The highest BCUT2D eigenvalue weighted by molar-refractivity contribution is 6.09. The zero-order valence-electron chi connectivity index (χ0n) is 15.6. The van der Waals surface area contributed by atoms with Crippen molar-refractivity contribution in [2.75, 3.05) is 13.2 Å². The summed E-state index contributed by atoms with van der Waals surface area (Å²) < 4.78 is 5.11. The molecule has 2 bridgehead atoms. The first-order valence-electron chi connectivity index (χ1n) is 9.82. The van der Waals surface area contributed by atoms with E-state index in [1.165, 1.54) is 0 Å². The van der Waals surface area contributed by atoms with Crippen molar-refractivity contribution in [1.82, 2.24) is 4.90 Å². The average Bonchev–Trinajstić information content (AvgIpc) is 2.97. The fraction of sp³-hybridized carbons (Fsp3) is 0.348. The van der Waals surface area contributed by atoms with Gasteiger partial charge in [-0.15, -0.1) is 0 Å². The molecule has 1 saturated heterocycles. The molecule has 6 rings (SSSR count). The number of carbonyl (C=O) groups excluding carboxylic acids is 3. The van der Waals surface area contributed by atoms with E-state index in [1.807, 2.05) is 31.2 Å². The molecule has 0 spiro atoms. The molecule has 0 N–H and O–H groups in total. The number of nitrogens with zero attached hydrogens (tertiary/aromatic N) is 1. The standard InChI is InChI=1S/C23H21NO4/c1-2-11-28-17(25)12-24-22(26)20-18-13-7-3-4-8-14(13)19(21(20)23(24)27)16-10-6-5-9-15(16)18/h3-10,18-21H,2,11-12H2,1H3/t18?,19?,20-,21-/m1/s1. The summed E-state index contributed by atoms with van der Waals surface area (Å²) in [5.74, 6) is -2.19. The quantitative estimate of drug-likeness (QED) is 0.609. The maximum absolute atomic E-state index is 13.3. The van der Waals surface area contributed by atoms with Crippen LogP contribution in [0, 0.1) is 11.8 Å². The molecule has 5 nitrogen and oxygen atoms in total. The molecule has 0 saturated carbocycles. The number of carbonyl (C=O) groups is 3. The third-order valence-corrected chi connectivity index (χ3v) is 6.29. The Hall–Kier alpha value is -2.95. The van der Waals surface area contributed by atoms with E-state index in [4.69, 9.17) is 4.74 Å². The molecule has 0 aromatic heterocycles. The van der Waals surface area contributed by atoms with Crippen LogP contribution in [0.3, 0.4) is 0 Å². The predicted octanol–water partition coefficient (Wildman–Crippen LogP) is 2.83. The van der Waals surface area contributed by atoms with Gasteiger partial charge in [0.25, 0.3) is 0 Å². The van der Waals surface area contributed by atoms with Crippen molar-refractivity contribution < 1.29 is 19.1 Å². The summed E-state index contributed by atoms with van der Waals surface area (Å²) in [5, 5.41) is 0. The summed E-state index contributed by atoms with van der Waals surface area (Å²) in [6, 6.07) is 16.2. The highest BCUT2D eigenvalue weighted by Gasteiger charge is 2.61. The molecule has 2 aromatic carbocycles. The summed E-state index contributed by atoms with van der Waals surface area (Å²) in [5.41, 5.74) is 4.51. The Bertz CT molecular complexity index is 882. The fourth-order valence-corrected chi connectivity index (χ4v) is 5.29. The Morgan fingerprint density at radius 2 is 1.29 bits per heavy atom. The first-order chi connectivity index (χ1) is 13.6. The largest absolute Gasteiger partial charge is 0.464 e. The zero-order valence-corrected chi connectivity index (χ0v) is 15.6. The van der Waals surface area contributed by atoms with Gasteiger partial charge in [0.15, 0.2) is 0 Å². The number of amides is 2. The molecule has 5 heteroatoms. The smallest absolute Gasteiger partial charge is 0.326 e. The summed E-state index contributed by atoms with van der Waals surface area (Å²) in [6.07, 6.45) is 0.702. The maximum atomic E-state index is 13.3. The highest BCUT2D eigenvalue weighted by atomic mass is 16.5. The number of hydrogen-bond acceptors (Lipinski definition) is 4. The van der Waals surface area contributed by atoms with Gasteiger partial charge in [-0.25, -0.2) is 0 Å². The molecule has 2 atom stereocenters. The first kappa shape index (κ1) is 17.2. The average molecular weight is 375 g/mol. The van der Waals surface area contributed by atoms with E-state index in [-0.39, 0.29) is 30.2 Å². The number of esters is 1. The molecule has 1 aliphatic heterocycles. The molecule has 1 heterocycles. The van der Waals surface area contributed by atoms with Gasteiger partial charge in [-0.05, 0) is 28.7 Å². The molecule has 3 aliphatic carbocycles. The highest BCUT2D eigenvalue weighted by Crippen LogP contribution is 2.60. The van der Waals surface area contributed by atoms with E-state index < -0.39 is 17.8 Å². The van der Waals surface area contributed by atoms with Crippen LogP contribution < -0.4 is 0 Å². The number of likely N-dealkylation sites (tertiary alicyclic amines) is 1. The van der Waals surface area contributed by atoms with Crippen LogP contribution in [0.1, 0.15) is 47.4 Å². The van der Waals surface area contributed by atoms with E-state index in [0.717, 1.165) is 27.2 Å². The third kappa shape index (κ3) is 2.22. The van der Waals surface area contributed by atoms with Crippen LogP contribution in [-0.2, 0) is 19.1 Å². The van der Waals surface area contributed by atoms with Crippen LogP contribution in [0.25, 0.3) is 0 Å². The second-order valence-electron chi connectivity index (χ2n) is 7.75. The Balaban J connectivity index is 1.58. The molecule has 0 unspecified atom stereocenters. The molecule has 28 heavy (non-hydrogen) atoms. The molecule has 2 aromatic rings. The summed E-state index contributed by atoms with van der Waals surface area (Å²) >= 11 is 0. The Morgan fingerprint density at radius 1 is 0.857 bits per heavy atom. The molecule has 0 radical (unpaired) electrons. The Labute approximate surface area is 163 Å². The SMILES string of the molecule is CCCOC(=O)CN1C(=O)[C@@H]2C3c4ccccc4C(c4ccccc43)[C@H]2C1=O. The van der Waals surface area contributed by atoms with Gasteiger partial charge < -0.3 is 4.74 Å². The van der Waals surface area contributed by atoms with Crippen molar-refractivity contribution in [3.63, 3.8) is 0 Å². The van der Waals surface area contributed by atoms with Gasteiger partial charge in [0, 0.05) is 11.8 Å². The Morgan fingerprint density at radius 3 is 1.68 bits per heavy atom. The number of rotatable bonds is 4. The van der Waals surface area contributed by atoms with Gasteiger partial charge in [0.05, 0.1) is 18.4 Å². The minimum atomic E-state index is -0.524. The van der Waals surface area contributed by atoms with E-state index in [1.54, 1.807) is 0 Å². The number of imide groups is 1. The zero-order chi connectivity index (χ0) is 19.4. The van der Waals surface area contributed by atoms with Crippen LogP contribution in [0.2, 0.25) is 0 Å². The second-order valence-corrected chi connectivity index (χ2v) is 7.75. The van der Waals surface area contributed by atoms with Gasteiger partial charge in [-0.3, -0.25) is 19.3 Å². The molecule has 1 fully saturated rings. The fourth-order valence-electron chi connectivity index (χ4n) is 5.29. The van der Waals surface area contributed by atoms with Crippen molar-refractivity contribution in [1.29, 1.82) is 0 Å². The first-order valence-corrected chi connectivity index (χ1v) is 9.82. The van der Waals surface area contributed by atoms with Crippen LogP contribution in [0.5, 0.6) is 0 Å². The van der Waals surface area contributed by atoms with Crippen LogP contribution in [0.15, 0.2) is 48.5 Å². The topological polar surface area (TPSA) is 63.7 Å². The van der Waals surface area contributed by atoms with Gasteiger partial charge >= 0.3 is 5.97 Å². The minimum Gasteiger partial charge on any atom is -0.464 e. The number of benzene rings is 2. The van der Waals surface area contributed by atoms with E-state index >= 15 is 0 Å². The molecular formula is C23H21NO4. The maximum Gasteiger partial charge on any atom is 0.326 e. The lowest BCUT2D eigenvalue weighted by atomic mass is 9.55. The normalized spacial score (nSPS) is 26.7. The summed E-state index contributed by atoms with van der Waals surface area (Å²) in [4.78, 5) is 39.8. The lowest BCUT2D eigenvalue weighted by Crippen LogP contribution is -2.41. The second kappa shape index (κ2) is 6.30. The molecule has 4 aliphatic rings. The van der Waals surface area contributed by atoms with E-state index in [9.17, 15) is 14.4 Å². The van der Waals surface area contributed by atoms with Crippen molar-refractivity contribution in [3.05, 3.63) is 70.8 Å². The molecular weight excluding hydrogens is 354 g/mol. The lowest BCUT2D eigenvalue weighted by Gasteiger charge is -2.45. The summed E-state index contributed by atoms with van der Waals surface area (Å²) in [7, 11) is 0.